The summed E-state index contributed by atoms with van der Waals surface area (Å²) in [6.07, 6.45) is 4.55. The van der Waals surface area contributed by atoms with Crippen LogP contribution in [0.5, 0.6) is 0 Å². The summed E-state index contributed by atoms with van der Waals surface area (Å²) in [5, 5.41) is 5.44. The summed E-state index contributed by atoms with van der Waals surface area (Å²) in [5.74, 6) is 1.31. The van der Waals surface area contributed by atoms with Gasteiger partial charge in [-0.3, -0.25) is 4.79 Å². The number of anilines is 3. The van der Waals surface area contributed by atoms with Crippen LogP contribution in [0.25, 0.3) is 0 Å². The van der Waals surface area contributed by atoms with E-state index >= 15 is 0 Å². The van der Waals surface area contributed by atoms with E-state index in [1.165, 1.54) is 0 Å². The first-order valence-corrected chi connectivity index (χ1v) is 10.1. The minimum atomic E-state index is -0.428. The van der Waals surface area contributed by atoms with Gasteiger partial charge in [0, 0.05) is 49.3 Å². The zero-order valence-corrected chi connectivity index (χ0v) is 16.4. The zero-order valence-electron chi connectivity index (χ0n) is 16.4. The van der Waals surface area contributed by atoms with E-state index in [0.29, 0.717) is 18.2 Å². The number of piperidine rings is 1. The summed E-state index contributed by atoms with van der Waals surface area (Å²) in [6, 6.07) is 14.2. The molecule has 0 spiro atoms. The van der Waals surface area contributed by atoms with Gasteiger partial charge in [0.05, 0.1) is 0 Å². The summed E-state index contributed by atoms with van der Waals surface area (Å²) >= 11 is 0. The van der Waals surface area contributed by atoms with E-state index in [2.05, 4.69) is 25.5 Å². The Morgan fingerprint density at radius 1 is 0.933 bits per heavy atom. The van der Waals surface area contributed by atoms with Gasteiger partial charge in [-0.1, -0.05) is 18.2 Å². The number of carbonyl (C=O) groups is 1. The number of amides is 2. The number of fused-ring (bicyclic) bond motifs is 4. The molecule has 2 aliphatic heterocycles. The van der Waals surface area contributed by atoms with Crippen molar-refractivity contribution in [2.45, 2.75) is 18.9 Å². The third-order valence-corrected chi connectivity index (χ3v) is 5.72. The smallest absolute Gasteiger partial charge is 0.323 e. The van der Waals surface area contributed by atoms with Gasteiger partial charge in [-0.2, -0.15) is 0 Å². The Balaban J connectivity index is 1.36. The minimum absolute atomic E-state index is 0.158. The van der Waals surface area contributed by atoms with E-state index in [-0.39, 0.29) is 17.2 Å². The molecule has 2 amide bonds. The molecule has 2 N–H and O–H groups in total. The first kappa shape index (κ1) is 18.4. The molecule has 4 heterocycles. The van der Waals surface area contributed by atoms with Crippen LogP contribution in [0, 0.1) is 5.92 Å². The molecule has 3 aromatic rings. The maximum Gasteiger partial charge on any atom is 0.323 e. The minimum Gasteiger partial charge on any atom is -0.340 e. The Hall–Kier alpha value is -3.68. The third kappa shape index (κ3) is 3.52. The van der Waals surface area contributed by atoms with Crippen LogP contribution in [0.1, 0.15) is 18.0 Å². The topological polar surface area (TPSA) is 92.2 Å². The predicted molar refractivity (Wildman–Crippen MR) is 115 cm³/mol. The highest BCUT2D eigenvalue weighted by Crippen LogP contribution is 2.36. The number of pyridine rings is 1. The summed E-state index contributed by atoms with van der Waals surface area (Å²) in [4.78, 5) is 36.3. The second kappa shape index (κ2) is 7.62. The molecule has 2 atom stereocenters. The van der Waals surface area contributed by atoms with E-state index in [1.807, 2.05) is 34.9 Å². The number of carbonyl (C=O) groups excluding carboxylic acids is 1. The number of hydrogen-bond donors (Lipinski definition) is 2. The van der Waals surface area contributed by atoms with Gasteiger partial charge in [-0.15, -0.1) is 0 Å². The maximum absolute atomic E-state index is 13.1. The average molecular weight is 402 g/mol. The van der Waals surface area contributed by atoms with Crippen molar-refractivity contribution in [3.05, 3.63) is 77.0 Å². The Morgan fingerprint density at radius 3 is 2.53 bits per heavy atom. The van der Waals surface area contributed by atoms with E-state index in [0.717, 1.165) is 31.2 Å². The van der Waals surface area contributed by atoms with Crippen molar-refractivity contribution < 1.29 is 4.79 Å². The SMILES string of the molecule is O=C(Nc1ccccc1)Nc1ccc2n(c1=O)C[C@@H]1C[C@@H]2CN(c2ncccn2)C1. The molecule has 1 aromatic carbocycles. The van der Waals surface area contributed by atoms with Gasteiger partial charge in [0.25, 0.3) is 5.56 Å². The van der Waals surface area contributed by atoms with Crippen LogP contribution in [-0.4, -0.2) is 33.7 Å². The van der Waals surface area contributed by atoms with Crippen molar-refractivity contribution >= 4 is 23.4 Å². The Bertz CT molecular complexity index is 1120. The van der Waals surface area contributed by atoms with Crippen molar-refractivity contribution in [1.29, 1.82) is 0 Å². The number of hydrogen-bond acceptors (Lipinski definition) is 5. The molecule has 2 bridgehead atoms. The molecule has 1 saturated heterocycles. The van der Waals surface area contributed by atoms with Crippen LogP contribution < -0.4 is 21.1 Å². The van der Waals surface area contributed by atoms with Crippen molar-refractivity contribution in [3.63, 3.8) is 0 Å². The van der Waals surface area contributed by atoms with E-state index in [4.69, 9.17) is 0 Å². The molecule has 0 radical (unpaired) electrons. The highest BCUT2D eigenvalue weighted by molar-refractivity contribution is 5.99. The standard InChI is InChI=1S/C22H22N6O2/c29-20-18(26-22(30)25-17-5-2-1-3-6-17)7-8-19-16-11-15(13-28(19)20)12-27(14-16)21-23-9-4-10-24-21/h1-10,15-16H,11-14H2,(H2,25,26,30)/t15-,16-/m1/s1. The highest BCUT2D eigenvalue weighted by Gasteiger charge is 2.35. The lowest BCUT2D eigenvalue weighted by Gasteiger charge is -2.42. The number of para-hydroxylation sites is 1. The second-order valence-corrected chi connectivity index (χ2v) is 7.79. The monoisotopic (exact) mass is 402 g/mol. The average Bonchev–Trinajstić information content (AvgIpc) is 2.77. The zero-order chi connectivity index (χ0) is 20.5. The van der Waals surface area contributed by atoms with E-state index < -0.39 is 6.03 Å². The first-order valence-electron chi connectivity index (χ1n) is 10.1. The summed E-state index contributed by atoms with van der Waals surface area (Å²) in [5.41, 5.74) is 1.81. The molecule has 0 aliphatic carbocycles. The van der Waals surface area contributed by atoms with Gasteiger partial charge in [-0.25, -0.2) is 14.8 Å². The number of benzene rings is 1. The van der Waals surface area contributed by atoms with Gasteiger partial charge in [-0.05, 0) is 42.7 Å². The Labute approximate surface area is 173 Å². The van der Waals surface area contributed by atoms with Crippen LogP contribution in [-0.2, 0) is 6.54 Å². The number of aromatic nitrogens is 3. The van der Waals surface area contributed by atoms with Crippen LogP contribution in [0.2, 0.25) is 0 Å². The van der Waals surface area contributed by atoms with Crippen LogP contribution in [0.3, 0.4) is 0 Å². The molecule has 8 nitrogen and oxygen atoms in total. The lowest BCUT2D eigenvalue weighted by atomic mass is 9.83. The van der Waals surface area contributed by atoms with Crippen LogP contribution >= 0.6 is 0 Å². The predicted octanol–water partition coefficient (Wildman–Crippen LogP) is 2.91. The Morgan fingerprint density at radius 2 is 1.73 bits per heavy atom. The molecular formula is C22H22N6O2. The van der Waals surface area contributed by atoms with Crippen molar-refractivity contribution in [2.75, 3.05) is 28.6 Å². The number of nitrogens with zero attached hydrogens (tertiary/aromatic N) is 4. The highest BCUT2D eigenvalue weighted by atomic mass is 16.2. The van der Waals surface area contributed by atoms with Crippen molar-refractivity contribution in [1.82, 2.24) is 14.5 Å². The van der Waals surface area contributed by atoms with Gasteiger partial charge in [0.1, 0.15) is 5.69 Å². The van der Waals surface area contributed by atoms with E-state index in [9.17, 15) is 9.59 Å². The third-order valence-electron chi connectivity index (χ3n) is 5.72. The molecule has 2 aliphatic rings. The number of rotatable bonds is 3. The molecule has 152 valence electrons. The molecule has 30 heavy (non-hydrogen) atoms. The van der Waals surface area contributed by atoms with E-state index in [1.54, 1.807) is 30.6 Å². The molecule has 0 unspecified atom stereocenters. The van der Waals surface area contributed by atoms with Crippen LogP contribution in [0.4, 0.5) is 22.1 Å². The lowest BCUT2D eigenvalue weighted by Crippen LogP contribution is -2.48. The fourth-order valence-corrected chi connectivity index (χ4v) is 4.46. The lowest BCUT2D eigenvalue weighted by molar-refractivity contribution is 0.262. The summed E-state index contributed by atoms with van der Waals surface area (Å²) in [6.45, 7) is 2.23. The number of nitrogens with one attached hydrogen (secondary N) is 2. The first-order chi connectivity index (χ1) is 14.7. The Kier molecular flexibility index (Phi) is 4.66. The second-order valence-electron chi connectivity index (χ2n) is 7.79. The van der Waals surface area contributed by atoms with Gasteiger partial charge in [0.15, 0.2) is 0 Å². The van der Waals surface area contributed by atoms with Crippen LogP contribution in [0.15, 0.2) is 65.7 Å². The fraction of sp³-hybridized carbons (Fsp3) is 0.273. The molecule has 8 heteroatoms. The maximum atomic E-state index is 13.1. The molecule has 2 aromatic heterocycles. The normalized spacial score (nSPS) is 19.7. The molecule has 5 rings (SSSR count). The molecule has 1 fully saturated rings. The molecular weight excluding hydrogens is 380 g/mol. The summed E-state index contributed by atoms with van der Waals surface area (Å²) in [7, 11) is 0. The van der Waals surface area contributed by atoms with Crippen molar-refractivity contribution in [2.24, 2.45) is 5.92 Å². The fourth-order valence-electron chi connectivity index (χ4n) is 4.46. The van der Waals surface area contributed by atoms with Gasteiger partial charge in [0.2, 0.25) is 5.95 Å². The van der Waals surface area contributed by atoms with Gasteiger partial charge >= 0.3 is 6.03 Å². The summed E-state index contributed by atoms with van der Waals surface area (Å²) < 4.78 is 1.82. The molecule has 0 saturated carbocycles. The number of urea groups is 1. The largest absolute Gasteiger partial charge is 0.340 e. The quantitative estimate of drug-likeness (QED) is 0.703. The van der Waals surface area contributed by atoms with Gasteiger partial charge < -0.3 is 20.1 Å². The van der Waals surface area contributed by atoms with Crippen molar-refractivity contribution in [3.8, 4) is 0 Å².